The van der Waals surface area contributed by atoms with Crippen molar-refractivity contribution in [2.45, 2.75) is 38.8 Å². The summed E-state index contributed by atoms with van der Waals surface area (Å²) in [4.78, 5) is 20.6. The number of aromatic nitrogens is 5. The van der Waals surface area contributed by atoms with Gasteiger partial charge in [-0.15, -0.1) is 11.3 Å². The summed E-state index contributed by atoms with van der Waals surface area (Å²) in [6.45, 7) is -0.858. The summed E-state index contributed by atoms with van der Waals surface area (Å²) >= 11 is 1.69. The van der Waals surface area contributed by atoms with Crippen molar-refractivity contribution in [2.24, 2.45) is 0 Å². The predicted octanol–water partition coefficient (Wildman–Crippen LogP) is 6.16. The van der Waals surface area contributed by atoms with Crippen LogP contribution in [0.3, 0.4) is 0 Å². The fourth-order valence-electron chi connectivity index (χ4n) is 4.57. The van der Waals surface area contributed by atoms with Gasteiger partial charge in [0, 0.05) is 22.8 Å². The molecule has 6 nitrogen and oxygen atoms in total. The Morgan fingerprint density at radius 1 is 1.06 bits per heavy atom. The van der Waals surface area contributed by atoms with E-state index in [2.05, 4.69) is 15.3 Å². The highest BCUT2D eigenvalue weighted by molar-refractivity contribution is 7.19. The maximum atomic E-state index is 14.0. The van der Waals surface area contributed by atoms with Gasteiger partial charge in [0.25, 0.3) is 0 Å². The van der Waals surface area contributed by atoms with Crippen molar-refractivity contribution in [3.05, 3.63) is 65.1 Å². The zero-order valence-electron chi connectivity index (χ0n) is 17.8. The molecule has 1 aliphatic rings. The number of pyridine rings is 1. The monoisotopic (exact) mass is 462 g/mol. The molecule has 0 bridgehead atoms. The summed E-state index contributed by atoms with van der Waals surface area (Å²) < 4.78 is 29.0. The van der Waals surface area contributed by atoms with E-state index in [4.69, 9.17) is 9.97 Å². The lowest BCUT2D eigenvalue weighted by atomic mass is 10.1. The molecular weight excluding hydrogens is 442 g/mol. The van der Waals surface area contributed by atoms with Crippen molar-refractivity contribution < 1.29 is 8.78 Å². The van der Waals surface area contributed by atoms with Crippen molar-refractivity contribution in [2.75, 3.05) is 5.32 Å². The Morgan fingerprint density at radius 3 is 2.76 bits per heavy atom. The lowest BCUT2D eigenvalue weighted by molar-refractivity contribution is 0.0708. The van der Waals surface area contributed by atoms with E-state index >= 15 is 0 Å². The molecule has 0 aliphatic heterocycles. The van der Waals surface area contributed by atoms with E-state index in [1.54, 1.807) is 48.0 Å². The smallest absolute Gasteiger partial charge is 0.320 e. The van der Waals surface area contributed by atoms with Gasteiger partial charge < -0.3 is 5.32 Å². The number of halogens is 2. The third-order valence-corrected chi connectivity index (χ3v) is 7.23. The summed E-state index contributed by atoms with van der Waals surface area (Å²) in [5.74, 6) is 1.49. The first-order valence-electron chi connectivity index (χ1n) is 10.8. The molecule has 0 spiro atoms. The van der Waals surface area contributed by atoms with Crippen LogP contribution in [-0.4, -0.2) is 24.5 Å². The molecule has 1 atom stereocenters. The van der Waals surface area contributed by atoms with E-state index in [1.807, 2.05) is 19.1 Å². The number of nitrogens with one attached hydrogen (secondary N) is 1. The number of alkyl halides is 2. The third-order valence-electron chi connectivity index (χ3n) is 6.04. The zero-order chi connectivity index (χ0) is 22.5. The first-order chi connectivity index (χ1) is 16.1. The molecule has 0 fully saturated rings. The van der Waals surface area contributed by atoms with Gasteiger partial charge in [0.2, 0.25) is 0 Å². The van der Waals surface area contributed by atoms with Crippen molar-refractivity contribution in [3.8, 4) is 11.4 Å². The average molecular weight is 463 g/mol. The summed E-state index contributed by atoms with van der Waals surface area (Å²) in [6, 6.07) is 10.2. The Kier molecular flexibility index (Phi) is 4.79. The van der Waals surface area contributed by atoms with Crippen LogP contribution in [0.25, 0.3) is 32.6 Å². The minimum atomic E-state index is -2.70. The number of hydrogen-bond acceptors (Lipinski definition) is 6. The number of imidazole rings is 1. The Hall–Kier alpha value is -3.46. The van der Waals surface area contributed by atoms with Crippen LogP contribution in [0.4, 0.5) is 14.6 Å². The molecule has 1 N–H and O–H groups in total. The molecule has 4 aromatic heterocycles. The number of benzene rings is 1. The Balaban J connectivity index is 1.49. The minimum absolute atomic E-state index is 0.271. The molecule has 4 heterocycles. The molecule has 166 valence electrons. The molecule has 0 radical (unpaired) electrons. The summed E-state index contributed by atoms with van der Waals surface area (Å²) in [6.07, 6.45) is 6.56. The van der Waals surface area contributed by atoms with Crippen LogP contribution in [0, 0.1) is 0 Å². The first kappa shape index (κ1) is 20.2. The number of thiophene rings is 1. The SMILES string of the molecule is C[C@H](Nc1nc(-c2cccnc2)nc2sc3c(c12)CCC3)c1nc2ccccc2n1C(F)F. The number of hydrogen-bond donors (Lipinski definition) is 1. The molecule has 1 aromatic carbocycles. The molecule has 0 unspecified atom stereocenters. The van der Waals surface area contributed by atoms with Crippen LogP contribution in [0.5, 0.6) is 0 Å². The van der Waals surface area contributed by atoms with Crippen LogP contribution in [0.15, 0.2) is 48.8 Å². The van der Waals surface area contributed by atoms with Crippen LogP contribution >= 0.6 is 11.3 Å². The topological polar surface area (TPSA) is 68.5 Å². The van der Waals surface area contributed by atoms with Gasteiger partial charge in [0.05, 0.1) is 22.5 Å². The van der Waals surface area contributed by atoms with Crippen molar-refractivity contribution >= 4 is 38.4 Å². The maximum absolute atomic E-state index is 14.0. The molecule has 33 heavy (non-hydrogen) atoms. The second kappa shape index (κ2) is 7.84. The fourth-order valence-corrected chi connectivity index (χ4v) is 5.83. The molecule has 0 saturated heterocycles. The predicted molar refractivity (Wildman–Crippen MR) is 126 cm³/mol. The number of para-hydroxylation sites is 2. The highest BCUT2D eigenvalue weighted by Crippen LogP contribution is 2.41. The standard InChI is InChI=1S/C24H20F2N6S/c1-13(22-29-16-8-2-3-9-17(16)32(22)24(25)26)28-21-19-15-7-4-10-18(15)33-23(19)31-20(30-21)14-6-5-11-27-12-14/h2-3,5-6,8-9,11-13,24H,4,7,10H2,1H3,(H,28,30,31)/t13-/m0/s1. The number of nitrogens with zero attached hydrogens (tertiary/aromatic N) is 5. The van der Waals surface area contributed by atoms with E-state index in [-0.39, 0.29) is 5.82 Å². The van der Waals surface area contributed by atoms with Gasteiger partial charge in [-0.2, -0.15) is 8.78 Å². The summed E-state index contributed by atoms with van der Waals surface area (Å²) in [7, 11) is 0. The second-order valence-corrected chi connectivity index (χ2v) is 9.23. The van der Waals surface area contributed by atoms with E-state index in [0.29, 0.717) is 22.7 Å². The third kappa shape index (κ3) is 3.34. The molecule has 6 rings (SSSR count). The van der Waals surface area contributed by atoms with Crippen LogP contribution < -0.4 is 5.32 Å². The van der Waals surface area contributed by atoms with Gasteiger partial charge in [-0.1, -0.05) is 12.1 Å². The second-order valence-electron chi connectivity index (χ2n) is 8.15. The molecule has 1 aliphatic carbocycles. The fraction of sp³-hybridized carbons (Fsp3) is 0.250. The maximum Gasteiger partial charge on any atom is 0.320 e. The molecular formula is C24H20F2N6S. The lowest BCUT2D eigenvalue weighted by Crippen LogP contribution is -2.16. The van der Waals surface area contributed by atoms with Gasteiger partial charge in [-0.3, -0.25) is 9.55 Å². The molecule has 9 heteroatoms. The Bertz CT molecular complexity index is 1480. The first-order valence-corrected chi connectivity index (χ1v) is 11.7. The molecule has 0 saturated carbocycles. The Morgan fingerprint density at radius 2 is 1.94 bits per heavy atom. The molecule has 0 amide bonds. The quantitative estimate of drug-likeness (QED) is 0.339. The van der Waals surface area contributed by atoms with Crippen molar-refractivity contribution in [1.82, 2.24) is 24.5 Å². The van der Waals surface area contributed by atoms with E-state index in [1.165, 1.54) is 10.4 Å². The number of aryl methyl sites for hydroxylation is 2. The number of fused-ring (bicyclic) bond motifs is 4. The van der Waals surface area contributed by atoms with Gasteiger partial charge >= 0.3 is 6.55 Å². The normalized spacial score (nSPS) is 14.3. The largest absolute Gasteiger partial charge is 0.360 e. The Labute approximate surface area is 192 Å². The number of anilines is 1. The van der Waals surface area contributed by atoms with Crippen molar-refractivity contribution in [3.63, 3.8) is 0 Å². The van der Waals surface area contributed by atoms with Crippen molar-refractivity contribution in [1.29, 1.82) is 0 Å². The van der Waals surface area contributed by atoms with Gasteiger partial charge in [0.15, 0.2) is 5.82 Å². The van der Waals surface area contributed by atoms with Crippen LogP contribution in [0.1, 0.15) is 42.2 Å². The highest BCUT2D eigenvalue weighted by atomic mass is 32.1. The van der Waals surface area contributed by atoms with E-state index in [9.17, 15) is 8.78 Å². The van der Waals surface area contributed by atoms with E-state index in [0.717, 1.165) is 39.6 Å². The highest BCUT2D eigenvalue weighted by Gasteiger charge is 2.26. The zero-order valence-corrected chi connectivity index (χ0v) is 18.6. The summed E-state index contributed by atoms with van der Waals surface area (Å²) in [5.41, 5.74) is 3.03. The van der Waals surface area contributed by atoms with Gasteiger partial charge in [-0.05, 0) is 56.0 Å². The van der Waals surface area contributed by atoms with Gasteiger partial charge in [0.1, 0.15) is 16.5 Å². The van der Waals surface area contributed by atoms with Gasteiger partial charge in [-0.25, -0.2) is 15.0 Å². The lowest BCUT2D eigenvalue weighted by Gasteiger charge is -2.18. The minimum Gasteiger partial charge on any atom is -0.360 e. The molecule has 5 aromatic rings. The summed E-state index contributed by atoms with van der Waals surface area (Å²) in [5, 5.41) is 4.39. The number of rotatable bonds is 5. The van der Waals surface area contributed by atoms with Crippen LogP contribution in [-0.2, 0) is 12.8 Å². The average Bonchev–Trinajstić information content (AvgIpc) is 3.51. The van der Waals surface area contributed by atoms with Crippen LogP contribution in [0.2, 0.25) is 0 Å². The van der Waals surface area contributed by atoms with E-state index < -0.39 is 12.6 Å².